The molecule has 3 fully saturated rings. The lowest BCUT2D eigenvalue weighted by Crippen LogP contribution is -2.42. The summed E-state index contributed by atoms with van der Waals surface area (Å²) in [5, 5.41) is 19.6. The molecule has 3 aliphatic rings. The maximum Gasteiger partial charge on any atom is 0.330 e. The van der Waals surface area contributed by atoms with Gasteiger partial charge in [0.25, 0.3) is 0 Å². The van der Waals surface area contributed by atoms with Crippen molar-refractivity contribution in [1.29, 1.82) is 0 Å². The van der Waals surface area contributed by atoms with E-state index in [1.54, 1.807) is 0 Å². The molecule has 0 aromatic rings. The fourth-order valence-corrected chi connectivity index (χ4v) is 5.47. The summed E-state index contributed by atoms with van der Waals surface area (Å²) in [6.45, 7) is 6.71. The molecule has 0 amide bonds. The summed E-state index contributed by atoms with van der Waals surface area (Å²) in [4.78, 5) is 23.2. The Kier molecular flexibility index (Phi) is 4.78. The Morgan fingerprint density at radius 3 is 2.12 bits per heavy atom. The molecular formula is C18H24O6. The average molecular weight is 336 g/mol. The van der Waals surface area contributed by atoms with Gasteiger partial charge in [-0.2, -0.15) is 0 Å². The third kappa shape index (κ3) is 2.58. The molecule has 8 atom stereocenters. The van der Waals surface area contributed by atoms with E-state index in [0.717, 1.165) is 18.6 Å². The number of ether oxygens (including phenoxy) is 2. The molecule has 3 aliphatic carbocycles. The van der Waals surface area contributed by atoms with Crippen LogP contribution in [0.15, 0.2) is 25.3 Å². The van der Waals surface area contributed by atoms with Crippen LogP contribution in [0.5, 0.6) is 0 Å². The summed E-state index contributed by atoms with van der Waals surface area (Å²) in [7, 11) is 0. The van der Waals surface area contributed by atoms with Crippen LogP contribution in [0.25, 0.3) is 0 Å². The minimum Gasteiger partial charge on any atom is -0.459 e. The largest absolute Gasteiger partial charge is 0.459 e. The number of fused-ring (bicyclic) bond motifs is 5. The Morgan fingerprint density at radius 1 is 0.917 bits per heavy atom. The molecule has 3 rings (SSSR count). The van der Waals surface area contributed by atoms with Crippen molar-refractivity contribution in [2.45, 2.75) is 25.0 Å². The van der Waals surface area contributed by atoms with E-state index in [0.29, 0.717) is 6.42 Å². The molecule has 0 aromatic carbocycles. The van der Waals surface area contributed by atoms with E-state index < -0.39 is 11.9 Å². The highest BCUT2D eigenvalue weighted by molar-refractivity contribution is 5.81. The first-order valence-electron chi connectivity index (χ1n) is 8.43. The first-order valence-corrected chi connectivity index (χ1v) is 8.43. The number of esters is 2. The number of carbonyl (C=O) groups is 2. The van der Waals surface area contributed by atoms with E-state index in [9.17, 15) is 19.8 Å². The number of aliphatic hydroxyl groups is 2. The molecular weight excluding hydrogens is 312 g/mol. The van der Waals surface area contributed by atoms with Crippen LogP contribution in [0.4, 0.5) is 0 Å². The molecule has 8 unspecified atom stereocenters. The summed E-state index contributed by atoms with van der Waals surface area (Å²) in [5.74, 6) is -0.548. The molecule has 0 aliphatic heterocycles. The van der Waals surface area contributed by atoms with Crippen LogP contribution in [-0.4, -0.2) is 47.6 Å². The zero-order valence-electron chi connectivity index (χ0n) is 13.5. The molecule has 3 saturated carbocycles. The normalized spacial score (nSPS) is 42.4. The van der Waals surface area contributed by atoms with E-state index in [-0.39, 0.29) is 60.9 Å². The molecule has 6 heteroatoms. The van der Waals surface area contributed by atoms with Crippen molar-refractivity contribution in [3.05, 3.63) is 25.3 Å². The monoisotopic (exact) mass is 336 g/mol. The molecule has 0 spiro atoms. The van der Waals surface area contributed by atoms with Gasteiger partial charge in [-0.15, -0.1) is 0 Å². The van der Waals surface area contributed by atoms with Crippen molar-refractivity contribution in [3.8, 4) is 0 Å². The average Bonchev–Trinajstić information content (AvgIpc) is 3.22. The number of hydrogen-bond acceptors (Lipinski definition) is 6. The van der Waals surface area contributed by atoms with Crippen LogP contribution in [0.3, 0.4) is 0 Å². The quantitative estimate of drug-likeness (QED) is 0.547. The van der Waals surface area contributed by atoms with E-state index in [2.05, 4.69) is 13.2 Å². The molecule has 24 heavy (non-hydrogen) atoms. The molecule has 132 valence electrons. The van der Waals surface area contributed by atoms with Gasteiger partial charge in [0.05, 0.1) is 0 Å². The second-order valence-corrected chi connectivity index (χ2v) is 7.02. The van der Waals surface area contributed by atoms with Crippen molar-refractivity contribution in [3.63, 3.8) is 0 Å². The van der Waals surface area contributed by atoms with Crippen LogP contribution in [0.1, 0.15) is 12.8 Å². The minimum atomic E-state index is -0.487. The summed E-state index contributed by atoms with van der Waals surface area (Å²) < 4.78 is 10.9. The zero-order valence-corrected chi connectivity index (χ0v) is 13.5. The van der Waals surface area contributed by atoms with E-state index in [1.165, 1.54) is 0 Å². The molecule has 2 bridgehead atoms. The molecule has 6 nitrogen and oxygen atoms in total. The lowest BCUT2D eigenvalue weighted by molar-refractivity contribution is -0.153. The van der Waals surface area contributed by atoms with Crippen molar-refractivity contribution < 1.29 is 29.3 Å². The van der Waals surface area contributed by atoms with Crippen LogP contribution in [0, 0.1) is 35.5 Å². The summed E-state index contributed by atoms with van der Waals surface area (Å²) in [6.07, 6.45) is 3.10. The highest BCUT2D eigenvalue weighted by atomic mass is 16.5. The fraction of sp³-hybridized carbons (Fsp3) is 0.667. The lowest BCUT2D eigenvalue weighted by atomic mass is 9.71. The Morgan fingerprint density at radius 2 is 1.54 bits per heavy atom. The van der Waals surface area contributed by atoms with Gasteiger partial charge in [0.1, 0.15) is 12.2 Å². The van der Waals surface area contributed by atoms with Gasteiger partial charge in [0.15, 0.2) is 0 Å². The molecule has 0 heterocycles. The molecule has 0 aromatic heterocycles. The van der Waals surface area contributed by atoms with Gasteiger partial charge in [0.2, 0.25) is 0 Å². The highest BCUT2D eigenvalue weighted by Gasteiger charge is 2.65. The van der Waals surface area contributed by atoms with E-state index in [1.807, 2.05) is 0 Å². The predicted molar refractivity (Wildman–Crippen MR) is 84.5 cm³/mol. The van der Waals surface area contributed by atoms with Gasteiger partial charge in [-0.25, -0.2) is 9.59 Å². The van der Waals surface area contributed by atoms with E-state index in [4.69, 9.17) is 9.47 Å². The molecule has 0 saturated heterocycles. The number of carbonyl (C=O) groups excluding carboxylic acids is 2. The van der Waals surface area contributed by atoms with Crippen molar-refractivity contribution >= 4 is 11.9 Å². The number of rotatable bonds is 6. The highest BCUT2D eigenvalue weighted by Crippen LogP contribution is 2.63. The number of hydrogen-bond donors (Lipinski definition) is 2. The smallest absolute Gasteiger partial charge is 0.330 e. The Balaban J connectivity index is 1.81. The SMILES string of the molecule is C=CC(=O)OC1CC2C3CC(C(CO)C3OC(=O)C=C)C2C1CO. The minimum absolute atomic E-state index is 0.0608. The Labute approximate surface area is 141 Å². The van der Waals surface area contributed by atoms with Crippen LogP contribution >= 0.6 is 0 Å². The maximum absolute atomic E-state index is 11.6. The zero-order chi connectivity index (χ0) is 17.4. The number of aliphatic hydroxyl groups excluding tert-OH is 2. The first kappa shape index (κ1) is 17.2. The topological polar surface area (TPSA) is 93.1 Å². The van der Waals surface area contributed by atoms with Crippen LogP contribution < -0.4 is 0 Å². The fourth-order valence-electron chi connectivity index (χ4n) is 5.47. The summed E-state index contributed by atoms with van der Waals surface area (Å²) in [5.41, 5.74) is 0. The molecule has 2 N–H and O–H groups in total. The van der Waals surface area contributed by atoms with Crippen LogP contribution in [0.2, 0.25) is 0 Å². The third-order valence-electron chi connectivity index (χ3n) is 6.23. The maximum atomic E-state index is 11.6. The predicted octanol–water partition coefficient (Wildman–Crippen LogP) is 0.685. The summed E-state index contributed by atoms with van der Waals surface area (Å²) >= 11 is 0. The standard InChI is InChI=1S/C18H24O6/c1-3-15(21)23-14-6-10-11-5-9(17(10)13(14)8-20)12(7-19)18(11)24-16(22)4-2/h3-4,9-14,17-20H,1-2,5-8H2. The molecule has 0 radical (unpaired) electrons. The Bertz CT molecular complexity index is 544. The van der Waals surface area contributed by atoms with Gasteiger partial charge in [0, 0.05) is 37.2 Å². The Hall–Kier alpha value is -1.66. The second-order valence-electron chi connectivity index (χ2n) is 7.02. The van der Waals surface area contributed by atoms with Crippen molar-refractivity contribution in [2.24, 2.45) is 35.5 Å². The van der Waals surface area contributed by atoms with Gasteiger partial charge in [-0.3, -0.25) is 0 Å². The van der Waals surface area contributed by atoms with Gasteiger partial charge in [-0.05, 0) is 36.5 Å². The van der Waals surface area contributed by atoms with Gasteiger partial charge < -0.3 is 19.7 Å². The first-order chi connectivity index (χ1) is 11.5. The third-order valence-corrected chi connectivity index (χ3v) is 6.23. The van der Waals surface area contributed by atoms with Gasteiger partial charge >= 0.3 is 11.9 Å². The van der Waals surface area contributed by atoms with E-state index >= 15 is 0 Å². The van der Waals surface area contributed by atoms with Crippen LogP contribution in [-0.2, 0) is 19.1 Å². The summed E-state index contributed by atoms with van der Waals surface area (Å²) in [6, 6.07) is 0. The lowest BCUT2D eigenvalue weighted by Gasteiger charge is -2.38. The second kappa shape index (κ2) is 6.69. The van der Waals surface area contributed by atoms with Crippen molar-refractivity contribution in [1.82, 2.24) is 0 Å². The van der Waals surface area contributed by atoms with Gasteiger partial charge in [-0.1, -0.05) is 13.2 Å². The van der Waals surface area contributed by atoms with Crippen molar-refractivity contribution in [2.75, 3.05) is 13.2 Å².